The van der Waals surface area contributed by atoms with Crippen molar-refractivity contribution in [1.29, 1.82) is 0 Å². The van der Waals surface area contributed by atoms with Crippen molar-refractivity contribution in [3.63, 3.8) is 0 Å². The van der Waals surface area contributed by atoms with Gasteiger partial charge in [-0.05, 0) is 43.0 Å². The molecule has 0 atom stereocenters. The number of nitrogens with zero attached hydrogens (tertiary/aromatic N) is 5. The lowest BCUT2D eigenvalue weighted by Gasteiger charge is -2.10. The number of para-hydroxylation sites is 2. The topological polar surface area (TPSA) is 71.8 Å². The molecule has 0 saturated heterocycles. The van der Waals surface area contributed by atoms with Crippen molar-refractivity contribution in [2.75, 3.05) is 5.75 Å². The lowest BCUT2D eigenvalue weighted by molar-refractivity contribution is 0.596. The van der Waals surface area contributed by atoms with E-state index in [0.717, 1.165) is 65.6 Å². The van der Waals surface area contributed by atoms with E-state index in [2.05, 4.69) is 73.4 Å². The van der Waals surface area contributed by atoms with E-state index in [-0.39, 0.29) is 0 Å². The van der Waals surface area contributed by atoms with Crippen LogP contribution in [0.25, 0.3) is 33.3 Å². The average molecular weight is 479 g/mol. The molecule has 6 nitrogen and oxygen atoms in total. The number of thioether (sulfide) groups is 1. The molecule has 1 aliphatic heterocycles. The number of aliphatic imine (C=N–C) groups is 1. The first-order valence-corrected chi connectivity index (χ1v) is 13.0. The van der Waals surface area contributed by atoms with Crippen molar-refractivity contribution in [3.05, 3.63) is 84.2 Å². The van der Waals surface area contributed by atoms with Gasteiger partial charge in [0.1, 0.15) is 5.69 Å². The van der Waals surface area contributed by atoms with Gasteiger partial charge in [-0.3, -0.25) is 4.99 Å². The summed E-state index contributed by atoms with van der Waals surface area (Å²) in [5, 5.41) is 12.5. The zero-order chi connectivity index (χ0) is 23.5. The summed E-state index contributed by atoms with van der Waals surface area (Å²) in [6.07, 6.45) is 10.2. The monoisotopic (exact) mass is 478 g/mol. The average Bonchev–Trinajstić information content (AvgIpc) is 3.65. The number of rotatable bonds is 9. The van der Waals surface area contributed by atoms with Crippen LogP contribution in [0.1, 0.15) is 24.8 Å². The highest BCUT2D eigenvalue weighted by Gasteiger charge is 2.16. The largest absolute Gasteiger partial charge is 0.361 e. The van der Waals surface area contributed by atoms with Crippen molar-refractivity contribution in [3.8, 4) is 11.5 Å². The molecule has 35 heavy (non-hydrogen) atoms. The summed E-state index contributed by atoms with van der Waals surface area (Å²) < 4.78 is 2.23. The second-order valence-electron chi connectivity index (χ2n) is 8.65. The summed E-state index contributed by atoms with van der Waals surface area (Å²) >= 11 is 1.76. The highest BCUT2D eigenvalue weighted by Crippen LogP contribution is 2.27. The molecule has 0 saturated carbocycles. The Hall–Kier alpha value is -3.71. The van der Waals surface area contributed by atoms with Crippen LogP contribution >= 0.6 is 11.8 Å². The standard InChI is InChI=1S/C28H26N6S/c1-3-11-24-20(7-1)13-14-26(31-24)27-32-33-28(34(27)17-6-9-22-8-5-16-29-22)35-18-15-21-19-30-25-12-4-2-10-23(21)25/h1-4,7-8,10-14,16,19,30H,5-6,9,15,17-18H2. The summed E-state index contributed by atoms with van der Waals surface area (Å²) in [5.41, 5.74) is 5.53. The van der Waals surface area contributed by atoms with E-state index in [1.165, 1.54) is 22.2 Å². The summed E-state index contributed by atoms with van der Waals surface area (Å²) in [4.78, 5) is 12.7. The van der Waals surface area contributed by atoms with Crippen LogP contribution in [0.2, 0.25) is 0 Å². The maximum Gasteiger partial charge on any atom is 0.191 e. The van der Waals surface area contributed by atoms with E-state index < -0.39 is 0 Å². The van der Waals surface area contributed by atoms with Crippen LogP contribution in [0.5, 0.6) is 0 Å². The molecule has 0 spiro atoms. The Kier molecular flexibility index (Phi) is 6.15. The molecular formula is C28H26N6S. The first kappa shape index (κ1) is 21.8. The Morgan fingerprint density at radius 2 is 1.86 bits per heavy atom. The van der Waals surface area contributed by atoms with E-state index in [0.29, 0.717) is 0 Å². The Balaban J connectivity index is 1.24. The molecule has 0 radical (unpaired) electrons. The number of hydrogen-bond acceptors (Lipinski definition) is 5. The summed E-state index contributed by atoms with van der Waals surface area (Å²) in [6, 6.07) is 20.8. The van der Waals surface area contributed by atoms with E-state index in [1.54, 1.807) is 11.8 Å². The smallest absolute Gasteiger partial charge is 0.191 e. The fraction of sp³-hybridized carbons (Fsp3) is 0.214. The van der Waals surface area contributed by atoms with Gasteiger partial charge in [0, 0.05) is 53.1 Å². The van der Waals surface area contributed by atoms with Gasteiger partial charge in [0.25, 0.3) is 0 Å². The molecule has 0 unspecified atom stereocenters. The molecule has 7 heteroatoms. The zero-order valence-electron chi connectivity index (χ0n) is 19.4. The van der Waals surface area contributed by atoms with Crippen molar-refractivity contribution < 1.29 is 0 Å². The Labute approximate surface area is 208 Å². The van der Waals surface area contributed by atoms with Gasteiger partial charge in [0.2, 0.25) is 0 Å². The Morgan fingerprint density at radius 3 is 2.80 bits per heavy atom. The minimum Gasteiger partial charge on any atom is -0.361 e. The third-order valence-corrected chi connectivity index (χ3v) is 7.32. The quantitative estimate of drug-likeness (QED) is 0.247. The summed E-state index contributed by atoms with van der Waals surface area (Å²) in [6.45, 7) is 0.832. The molecule has 4 heterocycles. The number of aromatic amines is 1. The number of aromatic nitrogens is 5. The van der Waals surface area contributed by atoms with E-state index >= 15 is 0 Å². The predicted molar refractivity (Wildman–Crippen MR) is 144 cm³/mol. The van der Waals surface area contributed by atoms with E-state index in [4.69, 9.17) is 4.98 Å². The van der Waals surface area contributed by atoms with Gasteiger partial charge in [0.05, 0.1) is 5.52 Å². The maximum atomic E-state index is 4.89. The van der Waals surface area contributed by atoms with Crippen LogP contribution in [0.15, 0.2) is 88.8 Å². The number of pyridine rings is 1. The van der Waals surface area contributed by atoms with Crippen molar-refractivity contribution in [2.24, 2.45) is 4.99 Å². The molecule has 0 bridgehead atoms. The van der Waals surface area contributed by atoms with Crippen molar-refractivity contribution >= 4 is 39.8 Å². The Morgan fingerprint density at radius 1 is 0.943 bits per heavy atom. The molecule has 1 aliphatic rings. The Bertz CT molecular complexity index is 1540. The molecule has 5 aromatic rings. The van der Waals surface area contributed by atoms with Gasteiger partial charge in [0.15, 0.2) is 11.0 Å². The van der Waals surface area contributed by atoms with Crippen molar-refractivity contribution in [2.45, 2.75) is 37.4 Å². The van der Waals surface area contributed by atoms with Gasteiger partial charge in [-0.1, -0.05) is 60.3 Å². The number of hydrogen-bond donors (Lipinski definition) is 1. The van der Waals surface area contributed by atoms with E-state index in [1.807, 2.05) is 30.5 Å². The molecule has 2 aromatic carbocycles. The van der Waals surface area contributed by atoms with Crippen LogP contribution in [0.3, 0.4) is 0 Å². The van der Waals surface area contributed by atoms with Gasteiger partial charge in [-0.2, -0.15) is 0 Å². The number of benzene rings is 2. The minimum absolute atomic E-state index is 0.828. The molecule has 1 N–H and O–H groups in total. The lowest BCUT2D eigenvalue weighted by Crippen LogP contribution is -2.04. The number of allylic oxidation sites excluding steroid dienone is 2. The number of nitrogens with one attached hydrogen (secondary N) is 1. The molecule has 6 rings (SSSR count). The molecule has 174 valence electrons. The first-order chi connectivity index (χ1) is 17.3. The second-order valence-corrected chi connectivity index (χ2v) is 9.71. The zero-order valence-corrected chi connectivity index (χ0v) is 20.2. The van der Waals surface area contributed by atoms with Crippen LogP contribution in [0, 0.1) is 0 Å². The van der Waals surface area contributed by atoms with Gasteiger partial charge in [-0.25, -0.2) is 4.98 Å². The normalized spacial score (nSPS) is 13.2. The lowest BCUT2D eigenvalue weighted by atomic mass is 10.1. The highest BCUT2D eigenvalue weighted by molar-refractivity contribution is 7.99. The predicted octanol–water partition coefficient (Wildman–Crippen LogP) is 6.45. The minimum atomic E-state index is 0.828. The van der Waals surface area contributed by atoms with Gasteiger partial charge < -0.3 is 9.55 Å². The third kappa shape index (κ3) is 4.64. The third-order valence-electron chi connectivity index (χ3n) is 6.35. The van der Waals surface area contributed by atoms with Crippen LogP contribution in [0.4, 0.5) is 0 Å². The van der Waals surface area contributed by atoms with Crippen LogP contribution in [-0.2, 0) is 13.0 Å². The maximum absolute atomic E-state index is 4.89. The van der Waals surface area contributed by atoms with E-state index in [9.17, 15) is 0 Å². The number of fused-ring (bicyclic) bond motifs is 2. The summed E-state index contributed by atoms with van der Waals surface area (Å²) in [7, 11) is 0. The molecule has 0 aliphatic carbocycles. The van der Waals surface area contributed by atoms with Crippen molar-refractivity contribution in [1.82, 2.24) is 24.7 Å². The van der Waals surface area contributed by atoms with Crippen LogP contribution < -0.4 is 0 Å². The van der Waals surface area contributed by atoms with Gasteiger partial charge in [-0.15, -0.1) is 10.2 Å². The molecule has 0 fully saturated rings. The second kappa shape index (κ2) is 9.88. The summed E-state index contributed by atoms with van der Waals surface area (Å²) in [5.74, 6) is 1.76. The fourth-order valence-corrected chi connectivity index (χ4v) is 5.50. The highest BCUT2D eigenvalue weighted by atomic mass is 32.2. The fourth-order valence-electron chi connectivity index (χ4n) is 4.56. The first-order valence-electron chi connectivity index (χ1n) is 12.0. The number of aryl methyl sites for hydroxylation is 1. The number of H-pyrrole nitrogens is 1. The molecule has 0 amide bonds. The molecular weight excluding hydrogens is 452 g/mol. The molecule has 3 aromatic heterocycles. The van der Waals surface area contributed by atoms with Crippen LogP contribution in [-0.4, -0.2) is 36.7 Å². The SMILES string of the molecule is C1=NC(CCCn2c(SCCc3c[nH]c4ccccc34)nnc2-c2ccc3ccccc3n2)=CC1. The van der Waals surface area contributed by atoms with Gasteiger partial charge >= 0.3 is 0 Å².